The summed E-state index contributed by atoms with van der Waals surface area (Å²) in [5.74, 6) is 0. The third-order valence-electron chi connectivity index (χ3n) is 2.70. The molecule has 0 radical (unpaired) electrons. The van der Waals surface area contributed by atoms with Crippen LogP contribution in [0.4, 0.5) is 0 Å². The summed E-state index contributed by atoms with van der Waals surface area (Å²) < 4.78 is 2.00. The van der Waals surface area contributed by atoms with E-state index in [-0.39, 0.29) is 5.54 Å². The largest absolute Gasteiger partial charge is 0.306 e. The van der Waals surface area contributed by atoms with Gasteiger partial charge in [0.25, 0.3) is 0 Å². The van der Waals surface area contributed by atoms with Gasteiger partial charge in [0.05, 0.1) is 22.1 Å². The second-order valence-corrected chi connectivity index (χ2v) is 6.27. The van der Waals surface area contributed by atoms with Crippen molar-refractivity contribution in [2.75, 3.05) is 0 Å². The number of aromatic nitrogens is 2. The summed E-state index contributed by atoms with van der Waals surface area (Å²) in [7, 11) is 0. The Bertz CT molecular complexity index is 570. The highest BCUT2D eigenvalue weighted by molar-refractivity contribution is 6.42. The van der Waals surface area contributed by atoms with E-state index in [1.807, 2.05) is 22.9 Å². The minimum Gasteiger partial charge on any atom is -0.306 e. The molecule has 0 saturated carbocycles. The monoisotopic (exact) mass is 297 g/mol. The molecule has 1 N–H and O–H groups in total. The predicted molar refractivity (Wildman–Crippen MR) is 80.2 cm³/mol. The first kappa shape index (κ1) is 14.4. The van der Waals surface area contributed by atoms with Gasteiger partial charge in [-0.2, -0.15) is 0 Å². The summed E-state index contributed by atoms with van der Waals surface area (Å²) in [6.45, 7) is 7.14. The fraction of sp³-hybridized carbons (Fsp3) is 0.357. The molecular formula is C14H17Cl2N3. The van der Waals surface area contributed by atoms with Gasteiger partial charge in [0.1, 0.15) is 0 Å². The van der Waals surface area contributed by atoms with Crippen LogP contribution in [0.5, 0.6) is 0 Å². The Labute approximate surface area is 123 Å². The SMILES string of the molecule is CC(C)(C)NCc1cncn1-c1ccc(Cl)c(Cl)c1. The van der Waals surface area contributed by atoms with Crippen LogP contribution in [0.1, 0.15) is 26.5 Å². The lowest BCUT2D eigenvalue weighted by Crippen LogP contribution is -2.35. The Kier molecular flexibility index (Phi) is 4.19. The van der Waals surface area contributed by atoms with E-state index in [1.165, 1.54) is 0 Å². The van der Waals surface area contributed by atoms with Crippen LogP contribution in [0.2, 0.25) is 10.0 Å². The third-order valence-corrected chi connectivity index (χ3v) is 3.44. The number of halogens is 2. The van der Waals surface area contributed by atoms with Crippen LogP contribution >= 0.6 is 23.2 Å². The second-order valence-electron chi connectivity index (χ2n) is 5.46. The molecule has 0 aliphatic carbocycles. The fourth-order valence-corrected chi connectivity index (χ4v) is 1.97. The first-order valence-electron chi connectivity index (χ1n) is 6.08. The highest BCUT2D eigenvalue weighted by Crippen LogP contribution is 2.25. The van der Waals surface area contributed by atoms with Gasteiger partial charge < -0.3 is 9.88 Å². The number of hydrogen-bond donors (Lipinski definition) is 1. The Morgan fingerprint density at radius 1 is 1.21 bits per heavy atom. The molecule has 3 nitrogen and oxygen atoms in total. The second kappa shape index (κ2) is 5.53. The van der Waals surface area contributed by atoms with Crippen LogP contribution in [-0.4, -0.2) is 15.1 Å². The van der Waals surface area contributed by atoms with Crippen molar-refractivity contribution in [2.45, 2.75) is 32.9 Å². The summed E-state index contributed by atoms with van der Waals surface area (Å²) >= 11 is 12.0. The number of rotatable bonds is 3. The highest BCUT2D eigenvalue weighted by Gasteiger charge is 2.11. The molecule has 0 aliphatic heterocycles. The molecule has 0 saturated heterocycles. The topological polar surface area (TPSA) is 29.9 Å². The highest BCUT2D eigenvalue weighted by atomic mass is 35.5. The molecule has 0 unspecified atom stereocenters. The average molecular weight is 298 g/mol. The molecule has 1 aromatic heterocycles. The van der Waals surface area contributed by atoms with Crippen molar-refractivity contribution < 1.29 is 0 Å². The zero-order chi connectivity index (χ0) is 14.0. The van der Waals surface area contributed by atoms with Crippen LogP contribution in [0.25, 0.3) is 5.69 Å². The van der Waals surface area contributed by atoms with E-state index in [9.17, 15) is 0 Å². The molecule has 1 aromatic carbocycles. The zero-order valence-corrected chi connectivity index (χ0v) is 12.8. The summed E-state index contributed by atoms with van der Waals surface area (Å²) in [6, 6.07) is 5.56. The minimum atomic E-state index is 0.0622. The molecule has 0 amide bonds. The predicted octanol–water partition coefficient (Wildman–Crippen LogP) is 4.07. The Balaban J connectivity index is 2.26. The summed E-state index contributed by atoms with van der Waals surface area (Å²) in [4.78, 5) is 4.20. The molecule has 1 heterocycles. The standard InChI is InChI=1S/C14H17Cl2N3/c1-14(2,3)18-8-11-7-17-9-19(11)10-4-5-12(15)13(16)6-10/h4-7,9,18H,8H2,1-3H3. The van der Waals surface area contributed by atoms with Gasteiger partial charge >= 0.3 is 0 Å². The van der Waals surface area contributed by atoms with Gasteiger partial charge in [-0.1, -0.05) is 23.2 Å². The van der Waals surface area contributed by atoms with Gasteiger partial charge in [-0.25, -0.2) is 4.98 Å². The van der Waals surface area contributed by atoms with Gasteiger partial charge in [0, 0.05) is 24.0 Å². The molecule has 19 heavy (non-hydrogen) atoms. The summed E-state index contributed by atoms with van der Waals surface area (Å²) in [5, 5.41) is 4.54. The van der Waals surface area contributed by atoms with E-state index in [1.54, 1.807) is 12.4 Å². The zero-order valence-electron chi connectivity index (χ0n) is 11.2. The van der Waals surface area contributed by atoms with Crippen LogP contribution in [-0.2, 0) is 6.54 Å². The molecule has 0 spiro atoms. The van der Waals surface area contributed by atoms with Crippen LogP contribution in [0, 0.1) is 0 Å². The van der Waals surface area contributed by atoms with Gasteiger partial charge in [-0.05, 0) is 39.0 Å². The normalized spacial score (nSPS) is 11.8. The van der Waals surface area contributed by atoms with E-state index in [2.05, 4.69) is 31.1 Å². The molecule has 5 heteroatoms. The molecular weight excluding hydrogens is 281 g/mol. The van der Waals surface area contributed by atoms with Gasteiger partial charge in [-0.3, -0.25) is 0 Å². The van der Waals surface area contributed by atoms with Crippen LogP contribution in [0.3, 0.4) is 0 Å². The first-order chi connectivity index (χ1) is 8.87. The number of hydrogen-bond acceptors (Lipinski definition) is 2. The van der Waals surface area contributed by atoms with Crippen LogP contribution in [0.15, 0.2) is 30.7 Å². The quantitative estimate of drug-likeness (QED) is 0.925. The molecule has 0 aliphatic rings. The maximum Gasteiger partial charge on any atom is 0.0994 e. The van der Waals surface area contributed by atoms with Crippen molar-refractivity contribution in [1.82, 2.24) is 14.9 Å². The van der Waals surface area contributed by atoms with E-state index in [0.29, 0.717) is 10.0 Å². The van der Waals surface area contributed by atoms with Gasteiger partial charge in [-0.15, -0.1) is 0 Å². The van der Waals surface area contributed by atoms with E-state index >= 15 is 0 Å². The van der Waals surface area contributed by atoms with Crippen molar-refractivity contribution in [3.8, 4) is 5.69 Å². The number of imidazole rings is 1. The molecule has 2 aromatic rings. The van der Waals surface area contributed by atoms with Crippen molar-refractivity contribution in [3.05, 3.63) is 46.5 Å². The van der Waals surface area contributed by atoms with Crippen molar-refractivity contribution in [1.29, 1.82) is 0 Å². The number of nitrogens with one attached hydrogen (secondary N) is 1. The van der Waals surface area contributed by atoms with E-state index in [4.69, 9.17) is 23.2 Å². The maximum absolute atomic E-state index is 6.05. The first-order valence-corrected chi connectivity index (χ1v) is 6.84. The lowest BCUT2D eigenvalue weighted by atomic mass is 10.1. The van der Waals surface area contributed by atoms with Crippen LogP contribution < -0.4 is 5.32 Å². The molecule has 0 bridgehead atoms. The van der Waals surface area contributed by atoms with Crippen molar-refractivity contribution in [3.63, 3.8) is 0 Å². The molecule has 0 atom stereocenters. The Morgan fingerprint density at radius 3 is 2.58 bits per heavy atom. The third kappa shape index (κ3) is 3.72. The number of benzene rings is 1. The fourth-order valence-electron chi connectivity index (χ4n) is 1.68. The Morgan fingerprint density at radius 2 is 1.95 bits per heavy atom. The molecule has 0 fully saturated rings. The van der Waals surface area contributed by atoms with Gasteiger partial charge in [0.15, 0.2) is 0 Å². The van der Waals surface area contributed by atoms with E-state index < -0.39 is 0 Å². The average Bonchev–Trinajstić information content (AvgIpc) is 2.77. The summed E-state index contributed by atoms with van der Waals surface area (Å²) in [5.41, 5.74) is 2.10. The van der Waals surface area contributed by atoms with Crippen molar-refractivity contribution >= 4 is 23.2 Å². The van der Waals surface area contributed by atoms with E-state index in [0.717, 1.165) is 17.9 Å². The molecule has 2 rings (SSSR count). The minimum absolute atomic E-state index is 0.0622. The lowest BCUT2D eigenvalue weighted by molar-refractivity contribution is 0.419. The molecule has 102 valence electrons. The lowest BCUT2D eigenvalue weighted by Gasteiger charge is -2.21. The number of nitrogens with zero attached hydrogens (tertiary/aromatic N) is 2. The van der Waals surface area contributed by atoms with Gasteiger partial charge in [0.2, 0.25) is 0 Å². The Hall–Kier alpha value is -1.03. The smallest absolute Gasteiger partial charge is 0.0994 e. The summed E-state index contributed by atoms with van der Waals surface area (Å²) in [6.07, 6.45) is 3.63. The maximum atomic E-state index is 6.05. The van der Waals surface area contributed by atoms with Crippen molar-refractivity contribution in [2.24, 2.45) is 0 Å².